The molecule has 5 nitrogen and oxygen atoms in total. The topological polar surface area (TPSA) is 63.2 Å². The van der Waals surface area contributed by atoms with Crippen molar-refractivity contribution in [3.63, 3.8) is 0 Å². The summed E-state index contributed by atoms with van der Waals surface area (Å²) in [5.74, 6) is 0.167. The van der Waals surface area contributed by atoms with E-state index >= 15 is 0 Å². The zero-order valence-corrected chi connectivity index (χ0v) is 12.5. The fourth-order valence-electron chi connectivity index (χ4n) is 1.69. The first-order valence-corrected chi connectivity index (χ1v) is 7.52. The van der Waals surface area contributed by atoms with Crippen molar-refractivity contribution in [2.75, 3.05) is 11.4 Å². The molecule has 0 aliphatic heterocycles. The molecule has 0 radical (unpaired) electrons. The lowest BCUT2D eigenvalue weighted by Crippen LogP contribution is -2.27. The van der Waals surface area contributed by atoms with Gasteiger partial charge >= 0.3 is 6.18 Å². The van der Waals surface area contributed by atoms with Gasteiger partial charge in [-0.05, 0) is 31.2 Å². The number of aromatic nitrogens is 2. The predicted molar refractivity (Wildman–Crippen MR) is 73.8 cm³/mol. The molecule has 0 aromatic carbocycles. The van der Waals surface area contributed by atoms with Crippen LogP contribution in [0.2, 0.25) is 0 Å². The summed E-state index contributed by atoms with van der Waals surface area (Å²) in [5.41, 5.74) is -0.534. The molecule has 2 aromatic heterocycles. The van der Waals surface area contributed by atoms with E-state index in [1.165, 1.54) is 13.1 Å². The highest BCUT2D eigenvalue weighted by atomic mass is 32.2. The smallest absolute Gasteiger partial charge is 0.253 e. The van der Waals surface area contributed by atoms with E-state index < -0.39 is 21.9 Å². The highest BCUT2D eigenvalue weighted by molar-refractivity contribution is 7.92. The molecular weight excluding hydrogens is 319 g/mol. The third-order valence-electron chi connectivity index (χ3n) is 2.88. The SMILES string of the molecule is Cc1cccc(N(C)S(=O)(=O)c2ccc(C(F)(F)F)nc2)n1. The van der Waals surface area contributed by atoms with Gasteiger partial charge in [0, 0.05) is 18.9 Å². The fourth-order valence-corrected chi connectivity index (χ4v) is 2.78. The van der Waals surface area contributed by atoms with Gasteiger partial charge in [-0.25, -0.2) is 13.4 Å². The van der Waals surface area contributed by atoms with Crippen molar-refractivity contribution < 1.29 is 21.6 Å². The van der Waals surface area contributed by atoms with Gasteiger partial charge in [-0.2, -0.15) is 13.2 Å². The summed E-state index contributed by atoms with van der Waals surface area (Å²) in [7, 11) is -2.76. The summed E-state index contributed by atoms with van der Waals surface area (Å²) in [6.45, 7) is 1.70. The number of sulfonamides is 1. The predicted octanol–water partition coefficient (Wildman–Crippen LogP) is 2.63. The summed E-state index contributed by atoms with van der Waals surface area (Å²) in [5, 5.41) is 0. The van der Waals surface area contributed by atoms with Crippen molar-refractivity contribution in [3.05, 3.63) is 47.9 Å². The van der Waals surface area contributed by atoms with Gasteiger partial charge in [0.05, 0.1) is 0 Å². The average Bonchev–Trinajstić information content (AvgIpc) is 2.45. The minimum atomic E-state index is -4.62. The standard InChI is InChI=1S/C13H12F3N3O2S/c1-9-4-3-5-12(18-9)19(2)22(20,21)10-6-7-11(17-8-10)13(14,15)16/h3-8H,1-2H3. The second-order valence-corrected chi connectivity index (χ2v) is 6.46. The Morgan fingerprint density at radius 2 is 1.82 bits per heavy atom. The third kappa shape index (κ3) is 3.19. The second kappa shape index (κ2) is 5.56. The summed E-state index contributed by atoms with van der Waals surface area (Å²) in [4.78, 5) is 6.89. The van der Waals surface area contributed by atoms with Gasteiger partial charge in [0.2, 0.25) is 0 Å². The molecule has 0 saturated heterocycles. The van der Waals surface area contributed by atoms with Crippen LogP contribution in [0.25, 0.3) is 0 Å². The lowest BCUT2D eigenvalue weighted by Gasteiger charge is -2.18. The van der Waals surface area contributed by atoms with Crippen LogP contribution >= 0.6 is 0 Å². The molecule has 0 unspecified atom stereocenters. The van der Waals surface area contributed by atoms with Gasteiger partial charge in [-0.3, -0.25) is 9.29 Å². The van der Waals surface area contributed by atoms with E-state index in [-0.39, 0.29) is 10.7 Å². The Morgan fingerprint density at radius 1 is 1.14 bits per heavy atom. The number of aryl methyl sites for hydroxylation is 1. The fraction of sp³-hybridized carbons (Fsp3) is 0.231. The molecule has 0 saturated carbocycles. The van der Waals surface area contributed by atoms with Crippen LogP contribution < -0.4 is 4.31 Å². The van der Waals surface area contributed by atoms with Crippen LogP contribution in [0.1, 0.15) is 11.4 Å². The quantitative estimate of drug-likeness (QED) is 0.867. The Hall–Kier alpha value is -2.16. The molecule has 118 valence electrons. The van der Waals surface area contributed by atoms with Gasteiger partial charge in [-0.15, -0.1) is 0 Å². The van der Waals surface area contributed by atoms with Crippen molar-refractivity contribution >= 4 is 15.8 Å². The number of anilines is 1. The first-order valence-electron chi connectivity index (χ1n) is 6.08. The summed E-state index contributed by atoms with van der Waals surface area (Å²) >= 11 is 0. The van der Waals surface area contributed by atoms with E-state index in [1.54, 1.807) is 19.1 Å². The Kier molecular flexibility index (Phi) is 4.10. The van der Waals surface area contributed by atoms with Crippen LogP contribution in [0.5, 0.6) is 0 Å². The molecule has 0 atom stereocenters. The molecule has 0 bridgehead atoms. The van der Waals surface area contributed by atoms with Crippen molar-refractivity contribution in [3.8, 4) is 0 Å². The number of pyridine rings is 2. The van der Waals surface area contributed by atoms with Crippen molar-refractivity contribution in [2.24, 2.45) is 0 Å². The van der Waals surface area contributed by atoms with Crippen molar-refractivity contribution in [2.45, 2.75) is 18.0 Å². The van der Waals surface area contributed by atoms with Crippen LogP contribution in [0.3, 0.4) is 0 Å². The molecule has 0 N–H and O–H groups in total. The summed E-state index contributed by atoms with van der Waals surface area (Å²) in [6, 6.07) is 6.32. The maximum Gasteiger partial charge on any atom is 0.433 e. The largest absolute Gasteiger partial charge is 0.433 e. The molecule has 2 heterocycles. The van der Waals surface area contributed by atoms with Crippen LogP contribution in [0.4, 0.5) is 19.0 Å². The first kappa shape index (κ1) is 16.2. The minimum Gasteiger partial charge on any atom is -0.253 e. The molecule has 0 amide bonds. The van der Waals surface area contributed by atoms with Gasteiger partial charge < -0.3 is 0 Å². The number of rotatable bonds is 3. The van der Waals surface area contributed by atoms with E-state index in [2.05, 4.69) is 9.97 Å². The Morgan fingerprint density at radius 3 is 2.32 bits per heavy atom. The van der Waals surface area contributed by atoms with Gasteiger partial charge in [-0.1, -0.05) is 6.07 Å². The van der Waals surface area contributed by atoms with E-state index in [4.69, 9.17) is 0 Å². The normalized spacial score (nSPS) is 12.2. The van der Waals surface area contributed by atoms with E-state index in [1.807, 2.05) is 0 Å². The highest BCUT2D eigenvalue weighted by Crippen LogP contribution is 2.28. The maximum atomic E-state index is 12.5. The lowest BCUT2D eigenvalue weighted by atomic mass is 10.3. The minimum absolute atomic E-state index is 0.167. The molecule has 0 aliphatic rings. The van der Waals surface area contributed by atoms with Crippen molar-refractivity contribution in [1.29, 1.82) is 0 Å². The van der Waals surface area contributed by atoms with Crippen LogP contribution in [-0.2, 0) is 16.2 Å². The zero-order chi connectivity index (χ0) is 16.5. The van der Waals surface area contributed by atoms with E-state index in [9.17, 15) is 21.6 Å². The molecule has 0 aliphatic carbocycles. The monoisotopic (exact) mass is 331 g/mol. The molecule has 22 heavy (non-hydrogen) atoms. The zero-order valence-electron chi connectivity index (χ0n) is 11.7. The molecule has 0 fully saturated rings. The van der Waals surface area contributed by atoms with Gasteiger partial charge in [0.25, 0.3) is 10.0 Å². The molecule has 0 spiro atoms. The van der Waals surface area contributed by atoms with Gasteiger partial charge in [0.15, 0.2) is 0 Å². The van der Waals surface area contributed by atoms with Crippen LogP contribution in [0.15, 0.2) is 41.4 Å². The Balaban J connectivity index is 2.38. The molecule has 2 aromatic rings. The number of hydrogen-bond acceptors (Lipinski definition) is 4. The van der Waals surface area contributed by atoms with Crippen LogP contribution in [-0.4, -0.2) is 25.4 Å². The second-order valence-electron chi connectivity index (χ2n) is 4.49. The Labute approximate surface area is 125 Å². The lowest BCUT2D eigenvalue weighted by molar-refractivity contribution is -0.141. The molecule has 9 heteroatoms. The number of alkyl halides is 3. The maximum absolute atomic E-state index is 12.5. The highest BCUT2D eigenvalue weighted by Gasteiger charge is 2.33. The first-order chi connectivity index (χ1) is 10.1. The van der Waals surface area contributed by atoms with Crippen LogP contribution in [0, 0.1) is 6.92 Å². The summed E-state index contributed by atoms with van der Waals surface area (Å²) in [6.07, 6.45) is -3.93. The average molecular weight is 331 g/mol. The number of hydrogen-bond donors (Lipinski definition) is 0. The third-order valence-corrected chi connectivity index (χ3v) is 4.63. The van der Waals surface area contributed by atoms with E-state index in [0.29, 0.717) is 18.0 Å². The van der Waals surface area contributed by atoms with E-state index in [0.717, 1.165) is 10.4 Å². The van der Waals surface area contributed by atoms with Crippen molar-refractivity contribution in [1.82, 2.24) is 9.97 Å². The summed E-state index contributed by atoms with van der Waals surface area (Å²) < 4.78 is 63.0. The number of halogens is 3. The number of nitrogens with zero attached hydrogens (tertiary/aromatic N) is 3. The molecular formula is C13H12F3N3O2S. The Bertz CT molecular complexity index is 774. The molecule has 2 rings (SSSR count). The van der Waals surface area contributed by atoms with Gasteiger partial charge in [0.1, 0.15) is 16.4 Å².